The summed E-state index contributed by atoms with van der Waals surface area (Å²) in [6.07, 6.45) is 2.12. The van der Waals surface area contributed by atoms with Crippen LogP contribution in [0.5, 0.6) is 5.75 Å². The van der Waals surface area contributed by atoms with Crippen LogP contribution in [0.1, 0.15) is 42.6 Å². The molecule has 1 aromatic rings. The maximum Gasteiger partial charge on any atom is 0.180 e. The van der Waals surface area contributed by atoms with E-state index in [0.29, 0.717) is 23.9 Å². The van der Waals surface area contributed by atoms with Crippen LogP contribution in [0.2, 0.25) is 0 Å². The molecular formula is C16H25NO2. The second kappa shape index (κ2) is 7.29. The minimum absolute atomic E-state index is 0.117. The average Bonchev–Trinajstić information content (AvgIpc) is 2.39. The SMILES string of the molecule is CCC(CC)N(C)CC(=O)c1ccc(C)cc1OC. The zero-order chi connectivity index (χ0) is 14.4. The number of rotatable bonds is 7. The Morgan fingerprint density at radius 2 is 1.95 bits per heavy atom. The van der Waals surface area contributed by atoms with Crippen LogP contribution < -0.4 is 4.74 Å². The van der Waals surface area contributed by atoms with E-state index in [9.17, 15) is 4.79 Å². The maximum absolute atomic E-state index is 12.4. The van der Waals surface area contributed by atoms with Crippen molar-refractivity contribution in [3.8, 4) is 5.75 Å². The number of hydrogen-bond acceptors (Lipinski definition) is 3. The van der Waals surface area contributed by atoms with Crippen LogP contribution in [0.15, 0.2) is 18.2 Å². The predicted octanol–water partition coefficient (Wildman–Crippen LogP) is 3.31. The minimum Gasteiger partial charge on any atom is -0.496 e. The lowest BCUT2D eigenvalue weighted by Crippen LogP contribution is -2.35. The van der Waals surface area contributed by atoms with E-state index in [4.69, 9.17) is 4.74 Å². The van der Waals surface area contributed by atoms with E-state index in [1.54, 1.807) is 7.11 Å². The molecule has 0 unspecified atom stereocenters. The number of hydrogen-bond donors (Lipinski definition) is 0. The van der Waals surface area contributed by atoms with Crippen LogP contribution in [0, 0.1) is 6.92 Å². The van der Waals surface area contributed by atoms with Gasteiger partial charge in [-0.2, -0.15) is 0 Å². The molecule has 0 N–H and O–H groups in total. The zero-order valence-electron chi connectivity index (χ0n) is 12.7. The molecule has 106 valence electrons. The Morgan fingerprint density at radius 1 is 1.32 bits per heavy atom. The molecule has 0 aromatic heterocycles. The summed E-state index contributed by atoms with van der Waals surface area (Å²) in [6, 6.07) is 6.18. The summed E-state index contributed by atoms with van der Waals surface area (Å²) in [5, 5.41) is 0. The number of nitrogens with zero attached hydrogens (tertiary/aromatic N) is 1. The van der Waals surface area contributed by atoms with Gasteiger partial charge in [0.15, 0.2) is 5.78 Å². The predicted molar refractivity (Wildman–Crippen MR) is 79.1 cm³/mol. The number of Topliss-reactive ketones (excluding diaryl/α,β-unsaturated/α-hetero) is 1. The Morgan fingerprint density at radius 3 is 2.47 bits per heavy atom. The number of carbonyl (C=O) groups is 1. The average molecular weight is 263 g/mol. The highest BCUT2D eigenvalue weighted by molar-refractivity contribution is 6.00. The smallest absolute Gasteiger partial charge is 0.180 e. The Kier molecular flexibility index (Phi) is 6.03. The summed E-state index contributed by atoms with van der Waals surface area (Å²) in [5.41, 5.74) is 1.77. The molecule has 19 heavy (non-hydrogen) atoms. The summed E-state index contributed by atoms with van der Waals surface area (Å²) >= 11 is 0. The molecule has 1 aromatic carbocycles. The fourth-order valence-electron chi connectivity index (χ4n) is 2.38. The van der Waals surface area contributed by atoms with E-state index in [1.165, 1.54) is 0 Å². The second-order valence-electron chi connectivity index (χ2n) is 5.01. The van der Waals surface area contributed by atoms with E-state index >= 15 is 0 Å². The van der Waals surface area contributed by atoms with Crippen molar-refractivity contribution in [1.29, 1.82) is 0 Å². The quantitative estimate of drug-likeness (QED) is 0.707. The first-order valence-corrected chi connectivity index (χ1v) is 6.91. The summed E-state index contributed by atoms with van der Waals surface area (Å²) in [4.78, 5) is 14.5. The lowest BCUT2D eigenvalue weighted by molar-refractivity contribution is 0.0912. The highest BCUT2D eigenvalue weighted by atomic mass is 16.5. The summed E-state index contributed by atoms with van der Waals surface area (Å²) < 4.78 is 5.30. The molecule has 0 radical (unpaired) electrons. The van der Waals surface area contributed by atoms with Crippen molar-refractivity contribution in [2.24, 2.45) is 0 Å². The van der Waals surface area contributed by atoms with Gasteiger partial charge in [0.05, 0.1) is 19.2 Å². The van der Waals surface area contributed by atoms with Crippen LogP contribution in [0.3, 0.4) is 0 Å². The van der Waals surface area contributed by atoms with E-state index in [0.717, 1.165) is 18.4 Å². The van der Waals surface area contributed by atoms with Crippen molar-refractivity contribution in [2.45, 2.75) is 39.7 Å². The molecule has 0 saturated carbocycles. The molecule has 1 rings (SSSR count). The van der Waals surface area contributed by atoms with Crippen molar-refractivity contribution in [3.63, 3.8) is 0 Å². The van der Waals surface area contributed by atoms with E-state index in [2.05, 4.69) is 18.7 Å². The third kappa shape index (κ3) is 4.06. The van der Waals surface area contributed by atoms with Crippen molar-refractivity contribution < 1.29 is 9.53 Å². The number of aryl methyl sites for hydroxylation is 1. The molecule has 3 nitrogen and oxygen atoms in total. The molecule has 0 spiro atoms. The summed E-state index contributed by atoms with van der Waals surface area (Å²) in [7, 11) is 3.62. The van der Waals surface area contributed by atoms with Gasteiger partial charge in [-0.25, -0.2) is 0 Å². The molecule has 0 aliphatic heterocycles. The molecule has 0 atom stereocenters. The molecular weight excluding hydrogens is 238 g/mol. The van der Waals surface area contributed by atoms with Gasteiger partial charge >= 0.3 is 0 Å². The highest BCUT2D eigenvalue weighted by Gasteiger charge is 2.18. The molecule has 0 saturated heterocycles. The standard InChI is InChI=1S/C16H25NO2/c1-6-13(7-2)17(4)11-15(18)14-9-8-12(3)10-16(14)19-5/h8-10,13H,6-7,11H2,1-5H3. The topological polar surface area (TPSA) is 29.5 Å². The first kappa shape index (κ1) is 15.7. The number of ether oxygens (including phenoxy) is 1. The molecule has 0 bridgehead atoms. The Balaban J connectivity index is 2.83. The molecule has 0 aliphatic carbocycles. The van der Waals surface area contributed by atoms with Crippen molar-refractivity contribution in [3.05, 3.63) is 29.3 Å². The maximum atomic E-state index is 12.4. The molecule has 3 heteroatoms. The van der Waals surface area contributed by atoms with Crippen molar-refractivity contribution in [1.82, 2.24) is 4.90 Å². The number of methoxy groups -OCH3 is 1. The molecule has 0 amide bonds. The van der Waals surface area contributed by atoms with Crippen molar-refractivity contribution in [2.75, 3.05) is 20.7 Å². The third-order valence-electron chi connectivity index (χ3n) is 3.62. The fraction of sp³-hybridized carbons (Fsp3) is 0.562. The normalized spacial score (nSPS) is 11.1. The van der Waals surface area contributed by atoms with Crippen LogP contribution >= 0.6 is 0 Å². The Bertz CT molecular complexity index is 425. The number of likely N-dealkylation sites (N-methyl/N-ethyl adjacent to an activating group) is 1. The largest absolute Gasteiger partial charge is 0.496 e. The molecule has 0 fully saturated rings. The van der Waals surface area contributed by atoms with Gasteiger partial charge in [0, 0.05) is 6.04 Å². The first-order valence-electron chi connectivity index (χ1n) is 6.91. The van der Waals surface area contributed by atoms with Crippen LogP contribution in [0.4, 0.5) is 0 Å². The van der Waals surface area contributed by atoms with E-state index < -0.39 is 0 Å². The molecule has 0 aliphatic rings. The fourth-order valence-corrected chi connectivity index (χ4v) is 2.38. The van der Waals surface area contributed by atoms with Gasteiger partial charge in [0.25, 0.3) is 0 Å². The van der Waals surface area contributed by atoms with Gasteiger partial charge < -0.3 is 4.74 Å². The third-order valence-corrected chi connectivity index (χ3v) is 3.62. The van der Waals surface area contributed by atoms with Crippen LogP contribution in [-0.4, -0.2) is 37.4 Å². The lowest BCUT2D eigenvalue weighted by atomic mass is 10.1. The first-order chi connectivity index (χ1) is 9.03. The van der Waals surface area contributed by atoms with Gasteiger partial charge in [0.1, 0.15) is 5.75 Å². The highest BCUT2D eigenvalue weighted by Crippen LogP contribution is 2.21. The number of ketones is 1. The second-order valence-corrected chi connectivity index (χ2v) is 5.01. The Hall–Kier alpha value is -1.35. The van der Waals surface area contributed by atoms with Gasteiger partial charge in [-0.15, -0.1) is 0 Å². The molecule has 0 heterocycles. The van der Waals surface area contributed by atoms with Crippen molar-refractivity contribution >= 4 is 5.78 Å². The van der Waals surface area contributed by atoms with Gasteiger partial charge in [-0.05, 0) is 44.5 Å². The van der Waals surface area contributed by atoms with E-state index in [-0.39, 0.29) is 5.78 Å². The van der Waals surface area contributed by atoms with Gasteiger partial charge in [-0.1, -0.05) is 19.9 Å². The van der Waals surface area contributed by atoms with Crippen LogP contribution in [-0.2, 0) is 0 Å². The number of carbonyl (C=O) groups excluding carboxylic acids is 1. The summed E-state index contributed by atoms with van der Waals surface area (Å²) in [5.74, 6) is 0.786. The zero-order valence-corrected chi connectivity index (χ0v) is 12.7. The minimum atomic E-state index is 0.117. The Labute approximate surface area is 116 Å². The summed E-state index contributed by atoms with van der Waals surface area (Å²) in [6.45, 7) is 6.74. The monoisotopic (exact) mass is 263 g/mol. The van der Waals surface area contributed by atoms with E-state index in [1.807, 2.05) is 32.2 Å². The number of benzene rings is 1. The van der Waals surface area contributed by atoms with Crippen LogP contribution in [0.25, 0.3) is 0 Å². The lowest BCUT2D eigenvalue weighted by Gasteiger charge is -2.25. The van der Waals surface area contributed by atoms with Gasteiger partial charge in [0.2, 0.25) is 0 Å². The van der Waals surface area contributed by atoms with Gasteiger partial charge in [-0.3, -0.25) is 9.69 Å².